The second kappa shape index (κ2) is 3.90. The van der Waals surface area contributed by atoms with Gasteiger partial charge < -0.3 is 0 Å². The van der Waals surface area contributed by atoms with Crippen LogP contribution in [0.4, 0.5) is 0 Å². The summed E-state index contributed by atoms with van der Waals surface area (Å²) in [7, 11) is 0. The average Bonchev–Trinajstić information content (AvgIpc) is 2.65. The molecular weight excluding hydrogens is 182 g/mol. The number of aryl methyl sites for hydroxylation is 2. The fourth-order valence-electron chi connectivity index (χ4n) is 2.19. The molecule has 0 aliphatic heterocycles. The molecule has 0 bridgehead atoms. The van der Waals surface area contributed by atoms with Gasteiger partial charge in [-0.1, -0.05) is 23.8 Å². The summed E-state index contributed by atoms with van der Waals surface area (Å²) in [6.07, 6.45) is 3.63. The first kappa shape index (κ1) is 9.98. The number of rotatable bonds is 1. The Kier molecular flexibility index (Phi) is 2.60. The van der Waals surface area contributed by atoms with Gasteiger partial charge in [0.25, 0.3) is 0 Å². The van der Waals surface area contributed by atoms with E-state index in [4.69, 9.17) is 5.26 Å². The Bertz CT molecular complexity index is 457. The van der Waals surface area contributed by atoms with Crippen LogP contribution in [0.3, 0.4) is 0 Å². The van der Waals surface area contributed by atoms with Crippen LogP contribution in [0.2, 0.25) is 0 Å². The maximum Gasteiger partial charge on any atom is 0.0997 e. The van der Waals surface area contributed by atoms with Crippen LogP contribution in [0.1, 0.15) is 37.0 Å². The summed E-state index contributed by atoms with van der Waals surface area (Å²) in [6.45, 7) is 3.98. The normalized spacial score (nSPS) is 13.1. The van der Waals surface area contributed by atoms with Gasteiger partial charge in [-0.25, -0.2) is 0 Å². The smallest absolute Gasteiger partial charge is 0.0997 e. The molecule has 0 fully saturated rings. The first-order chi connectivity index (χ1) is 7.22. The third-order valence-corrected chi connectivity index (χ3v) is 3.00. The molecule has 0 radical (unpaired) electrons. The number of fused-ring (bicyclic) bond motifs is 1. The fourth-order valence-corrected chi connectivity index (χ4v) is 2.19. The zero-order valence-electron chi connectivity index (χ0n) is 9.30. The minimum Gasteiger partial charge on any atom is -0.192 e. The predicted octanol–water partition coefficient (Wildman–Crippen LogP) is 3.49. The third kappa shape index (κ3) is 1.80. The Morgan fingerprint density at radius 2 is 1.93 bits per heavy atom. The Morgan fingerprint density at radius 3 is 2.60 bits per heavy atom. The molecule has 1 aliphatic rings. The molecule has 76 valence electrons. The summed E-state index contributed by atoms with van der Waals surface area (Å²) in [6, 6.07) is 8.73. The quantitative estimate of drug-likeness (QED) is 0.632. The number of nitrogens with zero attached hydrogens (tertiary/aromatic N) is 1. The molecular formula is C14H15N. The van der Waals surface area contributed by atoms with Gasteiger partial charge in [0.05, 0.1) is 11.6 Å². The van der Waals surface area contributed by atoms with E-state index in [2.05, 4.69) is 24.3 Å². The number of benzene rings is 1. The van der Waals surface area contributed by atoms with E-state index in [1.807, 2.05) is 13.8 Å². The molecule has 0 amide bonds. The summed E-state index contributed by atoms with van der Waals surface area (Å²) in [5.74, 6) is 0. The van der Waals surface area contributed by atoms with Crippen LogP contribution in [0.25, 0.3) is 5.57 Å². The number of nitriles is 1. The van der Waals surface area contributed by atoms with Crippen LogP contribution in [-0.4, -0.2) is 0 Å². The van der Waals surface area contributed by atoms with E-state index in [1.165, 1.54) is 30.4 Å². The van der Waals surface area contributed by atoms with Crippen molar-refractivity contribution in [1.29, 1.82) is 5.26 Å². The predicted molar refractivity (Wildman–Crippen MR) is 62.3 cm³/mol. The monoisotopic (exact) mass is 197 g/mol. The molecule has 1 aromatic carbocycles. The lowest BCUT2D eigenvalue weighted by Crippen LogP contribution is -1.88. The third-order valence-electron chi connectivity index (χ3n) is 3.00. The first-order valence-corrected chi connectivity index (χ1v) is 5.42. The van der Waals surface area contributed by atoms with Gasteiger partial charge in [-0.2, -0.15) is 5.26 Å². The lowest BCUT2D eigenvalue weighted by Gasteiger charge is -2.05. The van der Waals surface area contributed by atoms with E-state index in [-0.39, 0.29) is 0 Å². The Hall–Kier alpha value is -1.55. The molecule has 2 rings (SSSR count). The number of allylic oxidation sites excluding steroid dienone is 2. The lowest BCUT2D eigenvalue weighted by atomic mass is 9.99. The number of hydrogen-bond donors (Lipinski definition) is 0. The van der Waals surface area contributed by atoms with Crippen molar-refractivity contribution in [3.8, 4) is 6.07 Å². The maximum atomic E-state index is 9.09. The standard InChI is InChI=1S/C14H15N/c1-10(2)14(9-15)13-7-6-11-4-3-5-12(11)8-13/h6-8H,3-5H2,1-2H3. The molecule has 1 nitrogen and oxygen atoms in total. The van der Waals surface area contributed by atoms with Gasteiger partial charge in [0, 0.05) is 0 Å². The summed E-state index contributed by atoms with van der Waals surface area (Å²) >= 11 is 0. The highest BCUT2D eigenvalue weighted by Gasteiger charge is 2.12. The van der Waals surface area contributed by atoms with Crippen molar-refractivity contribution in [3.05, 3.63) is 40.5 Å². The highest BCUT2D eigenvalue weighted by Crippen LogP contribution is 2.26. The molecule has 0 unspecified atom stereocenters. The molecule has 0 saturated carbocycles. The van der Waals surface area contributed by atoms with Crippen LogP contribution in [0.5, 0.6) is 0 Å². The van der Waals surface area contributed by atoms with Gasteiger partial charge in [0.2, 0.25) is 0 Å². The van der Waals surface area contributed by atoms with Gasteiger partial charge in [-0.15, -0.1) is 0 Å². The van der Waals surface area contributed by atoms with Crippen LogP contribution in [-0.2, 0) is 12.8 Å². The van der Waals surface area contributed by atoms with Crippen LogP contribution < -0.4 is 0 Å². The van der Waals surface area contributed by atoms with Crippen molar-refractivity contribution in [1.82, 2.24) is 0 Å². The van der Waals surface area contributed by atoms with E-state index in [0.717, 1.165) is 16.7 Å². The van der Waals surface area contributed by atoms with Gasteiger partial charge in [-0.05, 0) is 49.8 Å². The molecule has 0 aromatic heterocycles. The van der Waals surface area contributed by atoms with E-state index in [0.29, 0.717) is 0 Å². The molecule has 0 heterocycles. The molecule has 0 atom stereocenters. The highest BCUT2D eigenvalue weighted by molar-refractivity contribution is 5.79. The van der Waals surface area contributed by atoms with Gasteiger partial charge in [-0.3, -0.25) is 0 Å². The van der Waals surface area contributed by atoms with E-state index in [1.54, 1.807) is 0 Å². The zero-order valence-corrected chi connectivity index (χ0v) is 9.30. The van der Waals surface area contributed by atoms with Crippen molar-refractivity contribution in [2.45, 2.75) is 33.1 Å². The van der Waals surface area contributed by atoms with Crippen LogP contribution in [0.15, 0.2) is 23.8 Å². The van der Waals surface area contributed by atoms with Crippen molar-refractivity contribution < 1.29 is 0 Å². The molecule has 1 heteroatoms. The molecule has 0 N–H and O–H groups in total. The van der Waals surface area contributed by atoms with E-state index >= 15 is 0 Å². The molecule has 0 spiro atoms. The van der Waals surface area contributed by atoms with Crippen molar-refractivity contribution in [2.75, 3.05) is 0 Å². The van der Waals surface area contributed by atoms with E-state index in [9.17, 15) is 0 Å². The fraction of sp³-hybridized carbons (Fsp3) is 0.357. The molecule has 15 heavy (non-hydrogen) atoms. The van der Waals surface area contributed by atoms with Crippen molar-refractivity contribution in [2.24, 2.45) is 0 Å². The minimum absolute atomic E-state index is 0.824. The van der Waals surface area contributed by atoms with E-state index < -0.39 is 0 Å². The van der Waals surface area contributed by atoms with Gasteiger partial charge in [0.1, 0.15) is 0 Å². The Morgan fingerprint density at radius 1 is 1.20 bits per heavy atom. The van der Waals surface area contributed by atoms with Crippen LogP contribution >= 0.6 is 0 Å². The largest absolute Gasteiger partial charge is 0.192 e. The maximum absolute atomic E-state index is 9.09. The number of hydrogen-bond acceptors (Lipinski definition) is 1. The SMILES string of the molecule is CC(C)=C(C#N)c1ccc2c(c1)CCC2. The van der Waals surface area contributed by atoms with Crippen molar-refractivity contribution >= 4 is 5.57 Å². The first-order valence-electron chi connectivity index (χ1n) is 5.42. The van der Waals surface area contributed by atoms with Gasteiger partial charge in [0.15, 0.2) is 0 Å². The summed E-state index contributed by atoms with van der Waals surface area (Å²) in [5, 5.41) is 9.09. The topological polar surface area (TPSA) is 23.8 Å². The van der Waals surface area contributed by atoms with Crippen molar-refractivity contribution in [3.63, 3.8) is 0 Å². The van der Waals surface area contributed by atoms with Crippen LogP contribution in [0, 0.1) is 11.3 Å². The summed E-state index contributed by atoms with van der Waals surface area (Å²) in [5.41, 5.74) is 5.89. The minimum atomic E-state index is 0.824. The molecule has 1 aromatic rings. The average molecular weight is 197 g/mol. The lowest BCUT2D eigenvalue weighted by molar-refractivity contribution is 0.912. The van der Waals surface area contributed by atoms with Gasteiger partial charge >= 0.3 is 0 Å². The second-order valence-electron chi connectivity index (χ2n) is 4.32. The molecule has 0 saturated heterocycles. The second-order valence-corrected chi connectivity index (χ2v) is 4.32. The Labute approximate surface area is 91.0 Å². The summed E-state index contributed by atoms with van der Waals surface area (Å²) < 4.78 is 0. The molecule has 1 aliphatic carbocycles. The Balaban J connectivity index is 2.48. The zero-order chi connectivity index (χ0) is 10.8. The summed E-state index contributed by atoms with van der Waals surface area (Å²) in [4.78, 5) is 0. The highest BCUT2D eigenvalue weighted by atomic mass is 14.3.